The largest absolute Gasteiger partial charge is 0.467 e. The molecule has 0 saturated carbocycles. The summed E-state index contributed by atoms with van der Waals surface area (Å²) in [5, 5.41) is 1.06. The Hall–Kier alpha value is -1.29. The Morgan fingerprint density at radius 2 is 2.11 bits per heavy atom. The Labute approximate surface area is 119 Å². The van der Waals surface area contributed by atoms with E-state index in [4.69, 9.17) is 0 Å². The van der Waals surface area contributed by atoms with Crippen molar-refractivity contribution in [1.82, 2.24) is 0 Å². The minimum absolute atomic E-state index is 0.214. The summed E-state index contributed by atoms with van der Waals surface area (Å²) in [5.41, 5.74) is 1.41. The quantitative estimate of drug-likeness (QED) is 0.779. The average Bonchev–Trinajstić information content (AvgIpc) is 2.97. The lowest BCUT2D eigenvalue weighted by atomic mass is 10.2. The molecule has 1 aliphatic rings. The number of carbonyl (C=O) groups excluding carboxylic acids is 1. The van der Waals surface area contributed by atoms with Crippen LogP contribution in [0.4, 0.5) is 0 Å². The molecule has 4 heteroatoms. The van der Waals surface area contributed by atoms with Gasteiger partial charge in [-0.25, -0.2) is 4.79 Å². The average molecular weight is 279 g/mol. The van der Waals surface area contributed by atoms with Gasteiger partial charge in [-0.3, -0.25) is 4.99 Å². The standard InChI is InChI=1S/C8H10.C7H11NO2S/c1-2-8-6-4-3-5-7-8;1-10-7(9)5-3-4-6(8-5)11-2/h3-7H,2H2,1H3;5H,3-4H2,1-2H3. The predicted octanol–water partition coefficient (Wildman–Crippen LogP) is 3.33. The van der Waals surface area contributed by atoms with Crippen molar-refractivity contribution in [2.24, 2.45) is 4.99 Å². The summed E-state index contributed by atoms with van der Waals surface area (Å²) in [5.74, 6) is -0.214. The van der Waals surface area contributed by atoms with Crippen LogP contribution in [0.2, 0.25) is 0 Å². The Bertz CT molecular complexity index is 417. The van der Waals surface area contributed by atoms with E-state index in [1.165, 1.54) is 12.7 Å². The van der Waals surface area contributed by atoms with Gasteiger partial charge in [0, 0.05) is 0 Å². The van der Waals surface area contributed by atoms with Crippen LogP contribution >= 0.6 is 11.8 Å². The molecule has 2 rings (SSSR count). The van der Waals surface area contributed by atoms with Crippen LogP contribution in [-0.2, 0) is 16.0 Å². The summed E-state index contributed by atoms with van der Waals surface area (Å²) < 4.78 is 4.57. The predicted molar refractivity (Wildman–Crippen MR) is 81.8 cm³/mol. The molecule has 1 unspecified atom stereocenters. The summed E-state index contributed by atoms with van der Waals surface area (Å²) in [4.78, 5) is 15.1. The van der Waals surface area contributed by atoms with E-state index in [0.717, 1.165) is 24.3 Å². The van der Waals surface area contributed by atoms with Crippen molar-refractivity contribution >= 4 is 22.8 Å². The van der Waals surface area contributed by atoms with Crippen molar-refractivity contribution in [3.05, 3.63) is 35.9 Å². The van der Waals surface area contributed by atoms with E-state index in [1.807, 2.05) is 12.3 Å². The van der Waals surface area contributed by atoms with Gasteiger partial charge in [0.2, 0.25) is 0 Å². The first-order valence-electron chi connectivity index (χ1n) is 6.43. The van der Waals surface area contributed by atoms with Crippen molar-refractivity contribution in [1.29, 1.82) is 0 Å². The molecule has 0 fully saturated rings. The zero-order valence-electron chi connectivity index (χ0n) is 11.8. The minimum Gasteiger partial charge on any atom is -0.467 e. The maximum Gasteiger partial charge on any atom is 0.330 e. The number of benzene rings is 1. The molecule has 104 valence electrons. The summed E-state index contributed by atoms with van der Waals surface area (Å²) >= 11 is 1.61. The summed E-state index contributed by atoms with van der Waals surface area (Å²) in [7, 11) is 1.40. The van der Waals surface area contributed by atoms with Crippen molar-refractivity contribution in [2.75, 3.05) is 13.4 Å². The molecule has 0 aliphatic carbocycles. The number of methoxy groups -OCH3 is 1. The molecule has 0 saturated heterocycles. The number of hydrogen-bond acceptors (Lipinski definition) is 4. The SMILES string of the molecule is CCc1ccccc1.COC(=O)C1CCC(SC)=N1. The molecular formula is C15H21NO2S. The molecule has 3 nitrogen and oxygen atoms in total. The summed E-state index contributed by atoms with van der Waals surface area (Å²) in [6.07, 6.45) is 4.84. The normalized spacial score (nSPS) is 17.2. The minimum atomic E-state index is -0.234. The van der Waals surface area contributed by atoms with E-state index >= 15 is 0 Å². The second kappa shape index (κ2) is 8.75. The third kappa shape index (κ3) is 5.47. The second-order valence-corrected chi connectivity index (χ2v) is 5.02. The van der Waals surface area contributed by atoms with Gasteiger partial charge >= 0.3 is 5.97 Å². The lowest BCUT2D eigenvalue weighted by Gasteiger charge is -2.01. The van der Waals surface area contributed by atoms with Gasteiger partial charge in [-0.15, -0.1) is 11.8 Å². The van der Waals surface area contributed by atoms with Gasteiger partial charge in [-0.1, -0.05) is 37.3 Å². The Kier molecular flexibility index (Phi) is 7.26. The van der Waals surface area contributed by atoms with Gasteiger partial charge in [0.15, 0.2) is 0 Å². The van der Waals surface area contributed by atoms with Crippen LogP contribution in [0.5, 0.6) is 0 Å². The zero-order chi connectivity index (χ0) is 14.1. The number of aryl methyl sites for hydroxylation is 1. The fourth-order valence-electron chi connectivity index (χ4n) is 1.74. The van der Waals surface area contributed by atoms with Crippen LogP contribution in [0.25, 0.3) is 0 Å². The van der Waals surface area contributed by atoms with E-state index in [1.54, 1.807) is 11.8 Å². The van der Waals surface area contributed by atoms with Gasteiger partial charge in [-0.2, -0.15) is 0 Å². The third-order valence-electron chi connectivity index (χ3n) is 2.89. The molecule has 0 radical (unpaired) electrons. The van der Waals surface area contributed by atoms with Gasteiger partial charge in [0.1, 0.15) is 6.04 Å². The molecule has 0 spiro atoms. The number of hydrogen-bond donors (Lipinski definition) is 0. The number of thioether (sulfide) groups is 1. The third-order valence-corrected chi connectivity index (χ3v) is 3.67. The lowest BCUT2D eigenvalue weighted by molar-refractivity contribution is -0.141. The molecule has 0 amide bonds. The molecule has 1 aliphatic heterocycles. The highest BCUT2D eigenvalue weighted by Gasteiger charge is 2.24. The Morgan fingerprint density at radius 3 is 2.53 bits per heavy atom. The van der Waals surface area contributed by atoms with E-state index in [2.05, 4.69) is 40.9 Å². The van der Waals surface area contributed by atoms with Crippen molar-refractivity contribution in [3.63, 3.8) is 0 Å². The van der Waals surface area contributed by atoms with Crippen LogP contribution in [0, 0.1) is 0 Å². The van der Waals surface area contributed by atoms with E-state index in [9.17, 15) is 4.79 Å². The van der Waals surface area contributed by atoms with Crippen LogP contribution in [0.15, 0.2) is 35.3 Å². The fourth-order valence-corrected chi connectivity index (χ4v) is 2.29. The topological polar surface area (TPSA) is 38.7 Å². The summed E-state index contributed by atoms with van der Waals surface area (Å²) in [6, 6.07) is 10.2. The number of rotatable bonds is 2. The highest BCUT2D eigenvalue weighted by atomic mass is 32.2. The van der Waals surface area contributed by atoms with Gasteiger partial charge in [0.05, 0.1) is 12.2 Å². The molecule has 1 heterocycles. The Morgan fingerprint density at radius 1 is 1.42 bits per heavy atom. The van der Waals surface area contributed by atoms with E-state index in [-0.39, 0.29) is 12.0 Å². The molecular weight excluding hydrogens is 258 g/mol. The van der Waals surface area contributed by atoms with Crippen molar-refractivity contribution in [3.8, 4) is 0 Å². The van der Waals surface area contributed by atoms with E-state index < -0.39 is 0 Å². The smallest absolute Gasteiger partial charge is 0.330 e. The fraction of sp³-hybridized carbons (Fsp3) is 0.467. The molecule has 19 heavy (non-hydrogen) atoms. The maximum absolute atomic E-state index is 10.9. The molecule has 0 bridgehead atoms. The Balaban J connectivity index is 0.000000200. The number of ether oxygens (including phenoxy) is 1. The van der Waals surface area contributed by atoms with Crippen molar-refractivity contribution in [2.45, 2.75) is 32.2 Å². The van der Waals surface area contributed by atoms with Crippen LogP contribution in [0.3, 0.4) is 0 Å². The van der Waals surface area contributed by atoms with Gasteiger partial charge in [0.25, 0.3) is 0 Å². The molecule has 1 atom stereocenters. The van der Waals surface area contributed by atoms with Crippen LogP contribution in [-0.4, -0.2) is 30.4 Å². The molecule has 1 aromatic carbocycles. The van der Waals surface area contributed by atoms with Gasteiger partial charge in [-0.05, 0) is 31.1 Å². The molecule has 1 aromatic rings. The van der Waals surface area contributed by atoms with Crippen LogP contribution in [0.1, 0.15) is 25.3 Å². The highest BCUT2D eigenvalue weighted by Crippen LogP contribution is 2.19. The maximum atomic E-state index is 10.9. The monoisotopic (exact) mass is 279 g/mol. The summed E-state index contributed by atoms with van der Waals surface area (Å²) in [6.45, 7) is 2.16. The number of esters is 1. The van der Waals surface area contributed by atoms with Gasteiger partial charge < -0.3 is 4.74 Å². The lowest BCUT2D eigenvalue weighted by Crippen LogP contribution is -2.16. The molecule has 0 N–H and O–H groups in total. The first-order chi connectivity index (χ1) is 9.21. The number of aliphatic imine (C=N–C) groups is 1. The first kappa shape index (κ1) is 15.8. The molecule has 0 aromatic heterocycles. The highest BCUT2D eigenvalue weighted by molar-refractivity contribution is 8.13. The second-order valence-electron chi connectivity index (χ2n) is 4.14. The number of nitrogens with zero attached hydrogens (tertiary/aromatic N) is 1. The number of carbonyl (C=O) groups is 1. The zero-order valence-corrected chi connectivity index (χ0v) is 12.6. The van der Waals surface area contributed by atoms with Crippen LogP contribution < -0.4 is 0 Å². The first-order valence-corrected chi connectivity index (χ1v) is 7.66. The van der Waals surface area contributed by atoms with Crippen molar-refractivity contribution < 1.29 is 9.53 Å². The van der Waals surface area contributed by atoms with E-state index in [0.29, 0.717) is 0 Å².